The topological polar surface area (TPSA) is 50.1 Å². The van der Waals surface area contributed by atoms with Gasteiger partial charge in [0.05, 0.1) is 11.1 Å². The second-order valence-electron chi connectivity index (χ2n) is 8.51. The van der Waals surface area contributed by atoms with Gasteiger partial charge in [-0.1, -0.05) is 51.8 Å². The van der Waals surface area contributed by atoms with E-state index in [0.717, 1.165) is 17.9 Å². The van der Waals surface area contributed by atoms with Crippen molar-refractivity contribution in [1.29, 1.82) is 5.26 Å². The van der Waals surface area contributed by atoms with Crippen LogP contribution in [0.1, 0.15) is 79.4 Å². The average molecular weight is 376 g/mol. The molecule has 3 rings (SSSR count). The van der Waals surface area contributed by atoms with Crippen LogP contribution in [0.5, 0.6) is 5.75 Å². The maximum Gasteiger partial charge on any atom is 0.343 e. The van der Waals surface area contributed by atoms with Crippen LogP contribution in [0.4, 0.5) is 0 Å². The first kappa shape index (κ1) is 20.1. The number of carbonyl (C=O) groups excluding carboxylic acids is 1. The summed E-state index contributed by atoms with van der Waals surface area (Å²) < 4.78 is 5.52. The highest BCUT2D eigenvalue weighted by Crippen LogP contribution is 2.35. The Morgan fingerprint density at radius 3 is 2.39 bits per heavy atom. The first-order valence-corrected chi connectivity index (χ1v) is 10.3. The minimum atomic E-state index is -0.420. The smallest absolute Gasteiger partial charge is 0.343 e. The molecule has 0 N–H and O–H groups in total. The van der Waals surface area contributed by atoms with Crippen LogP contribution in [0.2, 0.25) is 0 Å². The lowest BCUT2D eigenvalue weighted by atomic mass is 9.79. The molecule has 3 heteroatoms. The van der Waals surface area contributed by atoms with Crippen molar-refractivity contribution in [1.82, 2.24) is 0 Å². The van der Waals surface area contributed by atoms with Crippen LogP contribution in [-0.4, -0.2) is 5.97 Å². The molecule has 0 heterocycles. The minimum absolute atomic E-state index is 0.324. The van der Waals surface area contributed by atoms with Gasteiger partial charge in [0.2, 0.25) is 0 Å². The molecular weight excluding hydrogens is 346 g/mol. The molecule has 28 heavy (non-hydrogen) atoms. The van der Waals surface area contributed by atoms with Gasteiger partial charge in [-0.2, -0.15) is 5.26 Å². The van der Waals surface area contributed by atoms with Crippen molar-refractivity contribution in [2.75, 3.05) is 0 Å². The lowest BCUT2D eigenvalue weighted by Crippen LogP contribution is -2.12. The van der Waals surface area contributed by atoms with Crippen molar-refractivity contribution in [3.63, 3.8) is 0 Å². The first-order chi connectivity index (χ1) is 13.5. The van der Waals surface area contributed by atoms with Crippen LogP contribution in [0.3, 0.4) is 0 Å². The summed E-state index contributed by atoms with van der Waals surface area (Å²) in [6, 6.07) is 15.4. The number of esters is 1. The van der Waals surface area contributed by atoms with E-state index in [1.165, 1.54) is 31.2 Å². The summed E-state index contributed by atoms with van der Waals surface area (Å²) in [4.78, 5) is 12.5. The molecule has 0 atom stereocenters. The lowest BCUT2D eigenvalue weighted by molar-refractivity contribution is 0.0734. The molecule has 0 unspecified atom stereocenters. The SMILES string of the molecule is CC(C)Cc1ccc(OC(=O)c2ccc(C3CCC(C)CC3)cc2)c(C#N)c1. The lowest BCUT2D eigenvalue weighted by Gasteiger charge is -2.26. The number of hydrogen-bond donors (Lipinski definition) is 0. The Balaban J connectivity index is 1.68. The van der Waals surface area contributed by atoms with Gasteiger partial charge in [0.15, 0.2) is 0 Å². The number of rotatable bonds is 5. The highest BCUT2D eigenvalue weighted by atomic mass is 16.5. The molecule has 1 aliphatic carbocycles. The largest absolute Gasteiger partial charge is 0.422 e. The van der Waals surface area contributed by atoms with E-state index < -0.39 is 5.97 Å². The molecule has 0 radical (unpaired) electrons. The average Bonchev–Trinajstić information content (AvgIpc) is 2.69. The van der Waals surface area contributed by atoms with Crippen LogP contribution < -0.4 is 4.74 Å². The van der Waals surface area contributed by atoms with Gasteiger partial charge < -0.3 is 4.74 Å². The Labute approximate surface area is 168 Å². The first-order valence-electron chi connectivity index (χ1n) is 10.3. The fourth-order valence-corrected chi connectivity index (χ4v) is 4.00. The van der Waals surface area contributed by atoms with Gasteiger partial charge in [0, 0.05) is 0 Å². The van der Waals surface area contributed by atoms with Gasteiger partial charge >= 0.3 is 5.97 Å². The summed E-state index contributed by atoms with van der Waals surface area (Å²) in [5.41, 5.74) is 3.30. The maximum absolute atomic E-state index is 12.5. The van der Waals surface area contributed by atoms with Crippen LogP contribution in [0, 0.1) is 23.2 Å². The molecule has 2 aromatic rings. The van der Waals surface area contributed by atoms with Crippen molar-refractivity contribution in [2.24, 2.45) is 11.8 Å². The third-order valence-corrected chi connectivity index (χ3v) is 5.64. The number of benzene rings is 2. The Morgan fingerprint density at radius 1 is 1.11 bits per heavy atom. The summed E-state index contributed by atoms with van der Waals surface area (Å²) in [5, 5.41) is 9.42. The van der Waals surface area contributed by atoms with Gasteiger partial charge in [0.25, 0.3) is 0 Å². The van der Waals surface area contributed by atoms with E-state index in [1.54, 1.807) is 6.07 Å². The van der Waals surface area contributed by atoms with Gasteiger partial charge in [-0.15, -0.1) is 0 Å². The summed E-state index contributed by atoms with van der Waals surface area (Å²) in [5.74, 6) is 1.83. The molecule has 0 saturated heterocycles. The Morgan fingerprint density at radius 2 is 1.79 bits per heavy atom. The third-order valence-electron chi connectivity index (χ3n) is 5.64. The molecule has 1 fully saturated rings. The number of nitrogens with zero attached hydrogens (tertiary/aromatic N) is 1. The van der Waals surface area contributed by atoms with Crippen molar-refractivity contribution in [2.45, 2.75) is 58.8 Å². The third kappa shape index (κ3) is 5.01. The van der Waals surface area contributed by atoms with Crippen LogP contribution >= 0.6 is 0 Å². The number of ether oxygens (including phenoxy) is 1. The van der Waals surface area contributed by atoms with Gasteiger partial charge in [-0.3, -0.25) is 0 Å². The quantitative estimate of drug-likeness (QED) is 0.457. The number of carbonyl (C=O) groups is 1. The highest BCUT2D eigenvalue weighted by Gasteiger charge is 2.20. The maximum atomic E-state index is 12.5. The Bertz CT molecular complexity index is 853. The van der Waals surface area contributed by atoms with E-state index in [0.29, 0.717) is 28.7 Å². The van der Waals surface area contributed by atoms with E-state index in [1.807, 2.05) is 36.4 Å². The van der Waals surface area contributed by atoms with Crippen molar-refractivity contribution >= 4 is 5.97 Å². The zero-order valence-corrected chi connectivity index (χ0v) is 17.1. The van der Waals surface area contributed by atoms with Crippen molar-refractivity contribution < 1.29 is 9.53 Å². The van der Waals surface area contributed by atoms with E-state index in [9.17, 15) is 10.1 Å². The second-order valence-corrected chi connectivity index (χ2v) is 8.51. The van der Waals surface area contributed by atoms with Gasteiger partial charge in [0.1, 0.15) is 11.8 Å². The second kappa shape index (κ2) is 9.06. The molecule has 146 valence electrons. The number of hydrogen-bond acceptors (Lipinski definition) is 3. The van der Waals surface area contributed by atoms with E-state index in [4.69, 9.17) is 4.74 Å². The van der Waals surface area contributed by atoms with Crippen molar-refractivity contribution in [3.05, 3.63) is 64.7 Å². The molecule has 3 nitrogen and oxygen atoms in total. The fourth-order valence-electron chi connectivity index (χ4n) is 4.00. The van der Waals surface area contributed by atoms with Crippen LogP contribution in [0.15, 0.2) is 42.5 Å². The molecule has 2 aromatic carbocycles. The normalized spacial score (nSPS) is 19.2. The minimum Gasteiger partial charge on any atom is -0.422 e. The van der Waals surface area contributed by atoms with Crippen molar-refractivity contribution in [3.8, 4) is 11.8 Å². The van der Waals surface area contributed by atoms with E-state index in [2.05, 4.69) is 26.8 Å². The summed E-state index contributed by atoms with van der Waals surface area (Å²) >= 11 is 0. The van der Waals surface area contributed by atoms with E-state index >= 15 is 0 Å². The fraction of sp³-hybridized carbons (Fsp3) is 0.440. The molecule has 1 saturated carbocycles. The molecule has 0 spiro atoms. The molecule has 0 aromatic heterocycles. The number of nitriles is 1. The van der Waals surface area contributed by atoms with Crippen LogP contribution in [-0.2, 0) is 6.42 Å². The van der Waals surface area contributed by atoms with Crippen LogP contribution in [0.25, 0.3) is 0 Å². The predicted octanol–water partition coefficient (Wildman–Crippen LogP) is 6.27. The molecule has 0 amide bonds. The molecular formula is C25H29NO2. The zero-order valence-electron chi connectivity index (χ0n) is 17.1. The Kier molecular flexibility index (Phi) is 6.52. The zero-order chi connectivity index (χ0) is 20.1. The Hall–Kier alpha value is -2.60. The standard InChI is InChI=1S/C25H29NO2/c1-17(2)14-19-6-13-24(23(15-19)16-26)28-25(27)22-11-9-21(10-12-22)20-7-4-18(3)5-8-20/h6,9-13,15,17-18,20H,4-5,7-8,14H2,1-3H3. The predicted molar refractivity (Wildman–Crippen MR) is 111 cm³/mol. The molecule has 1 aliphatic rings. The monoisotopic (exact) mass is 375 g/mol. The van der Waals surface area contributed by atoms with Gasteiger partial charge in [-0.05, 0) is 72.4 Å². The summed E-state index contributed by atoms with van der Waals surface area (Å²) in [6.07, 6.45) is 5.89. The summed E-state index contributed by atoms with van der Waals surface area (Å²) in [7, 11) is 0. The summed E-state index contributed by atoms with van der Waals surface area (Å²) in [6.45, 7) is 6.59. The highest BCUT2D eigenvalue weighted by molar-refractivity contribution is 5.91. The molecule has 0 bridgehead atoms. The van der Waals surface area contributed by atoms with E-state index in [-0.39, 0.29) is 0 Å². The van der Waals surface area contributed by atoms with Gasteiger partial charge in [-0.25, -0.2) is 4.79 Å². The molecule has 0 aliphatic heterocycles.